The molecule has 0 saturated carbocycles. The van der Waals surface area contributed by atoms with Gasteiger partial charge in [-0.15, -0.1) is 0 Å². The molecule has 0 unspecified atom stereocenters. The minimum atomic E-state index is 0.164. The number of ether oxygens (including phenoxy) is 1. The third-order valence-electron chi connectivity index (χ3n) is 5.64. The highest BCUT2D eigenvalue weighted by atomic mass is 16.5. The van der Waals surface area contributed by atoms with Crippen LogP contribution < -0.4 is 9.64 Å². The zero-order valence-electron chi connectivity index (χ0n) is 17.9. The quantitative estimate of drug-likeness (QED) is 0.558. The Labute approximate surface area is 183 Å². The van der Waals surface area contributed by atoms with Crippen LogP contribution in [-0.2, 0) is 17.9 Å². The molecular weight excluding hydrogens is 390 g/mol. The van der Waals surface area contributed by atoms with Gasteiger partial charge in [0.1, 0.15) is 11.5 Å². The molecule has 0 N–H and O–H groups in total. The summed E-state index contributed by atoms with van der Waals surface area (Å²) in [5, 5.41) is 0. The van der Waals surface area contributed by atoms with Crippen molar-refractivity contribution in [1.82, 2.24) is 9.80 Å². The lowest BCUT2D eigenvalue weighted by atomic mass is 10.2. The van der Waals surface area contributed by atoms with Crippen LogP contribution in [0.3, 0.4) is 0 Å². The van der Waals surface area contributed by atoms with Gasteiger partial charge in [-0.25, -0.2) is 0 Å². The van der Waals surface area contributed by atoms with Crippen molar-refractivity contribution < 1.29 is 13.9 Å². The van der Waals surface area contributed by atoms with Crippen LogP contribution in [0.2, 0.25) is 0 Å². The van der Waals surface area contributed by atoms with Crippen LogP contribution in [0.25, 0.3) is 0 Å². The van der Waals surface area contributed by atoms with Gasteiger partial charge in [0.2, 0.25) is 5.91 Å². The number of furan rings is 1. The smallest absolute Gasteiger partial charge is 0.236 e. The van der Waals surface area contributed by atoms with E-state index in [2.05, 4.69) is 34.1 Å². The van der Waals surface area contributed by atoms with Gasteiger partial charge in [-0.05, 0) is 42.0 Å². The summed E-state index contributed by atoms with van der Waals surface area (Å²) < 4.78 is 10.8. The molecule has 31 heavy (non-hydrogen) atoms. The molecule has 1 saturated heterocycles. The second-order valence-electron chi connectivity index (χ2n) is 7.78. The normalized spacial score (nSPS) is 14.1. The van der Waals surface area contributed by atoms with Crippen LogP contribution in [0.4, 0.5) is 5.69 Å². The number of methoxy groups -OCH3 is 1. The van der Waals surface area contributed by atoms with Crippen molar-refractivity contribution in [2.24, 2.45) is 0 Å². The topological polar surface area (TPSA) is 49.2 Å². The highest BCUT2D eigenvalue weighted by molar-refractivity contribution is 5.78. The second-order valence-corrected chi connectivity index (χ2v) is 7.78. The summed E-state index contributed by atoms with van der Waals surface area (Å²) in [7, 11) is 1.67. The molecule has 0 radical (unpaired) electrons. The molecule has 4 rings (SSSR count). The highest BCUT2D eigenvalue weighted by Crippen LogP contribution is 2.21. The minimum absolute atomic E-state index is 0.164. The molecule has 2 aromatic carbocycles. The minimum Gasteiger partial charge on any atom is -0.497 e. The molecule has 0 spiro atoms. The van der Waals surface area contributed by atoms with Crippen molar-refractivity contribution in [3.8, 4) is 5.75 Å². The van der Waals surface area contributed by atoms with Crippen LogP contribution in [0.5, 0.6) is 5.75 Å². The van der Waals surface area contributed by atoms with E-state index < -0.39 is 0 Å². The summed E-state index contributed by atoms with van der Waals surface area (Å²) in [5.41, 5.74) is 2.35. The molecule has 1 fully saturated rings. The first-order chi connectivity index (χ1) is 15.2. The molecule has 0 atom stereocenters. The van der Waals surface area contributed by atoms with Crippen LogP contribution in [0.15, 0.2) is 77.4 Å². The van der Waals surface area contributed by atoms with Gasteiger partial charge in [0, 0.05) is 38.4 Å². The Morgan fingerprint density at radius 3 is 2.32 bits per heavy atom. The largest absolute Gasteiger partial charge is 0.497 e. The molecule has 2 heterocycles. The number of piperazine rings is 1. The number of hydrogen-bond donors (Lipinski definition) is 0. The van der Waals surface area contributed by atoms with E-state index in [1.54, 1.807) is 13.4 Å². The van der Waals surface area contributed by atoms with Crippen LogP contribution in [0, 0.1) is 0 Å². The van der Waals surface area contributed by atoms with Crippen molar-refractivity contribution in [3.63, 3.8) is 0 Å². The van der Waals surface area contributed by atoms with Crippen LogP contribution in [0.1, 0.15) is 11.3 Å². The molecule has 1 aromatic heterocycles. The standard InChI is InChI=1S/C25H29N3O3/c1-30-23-11-9-22(10-12-23)27-13-15-28(16-14-27)25(29)20-26(19-24-8-5-17-31-24)18-21-6-3-2-4-7-21/h2-12,17H,13-16,18-20H2,1H3. The number of carbonyl (C=O) groups is 1. The number of amides is 1. The van der Waals surface area contributed by atoms with E-state index in [0.29, 0.717) is 19.6 Å². The summed E-state index contributed by atoms with van der Waals surface area (Å²) in [6.45, 7) is 4.80. The zero-order valence-corrected chi connectivity index (χ0v) is 17.9. The van der Waals surface area contributed by atoms with E-state index >= 15 is 0 Å². The maximum atomic E-state index is 13.1. The first-order valence-electron chi connectivity index (χ1n) is 10.7. The molecule has 3 aromatic rings. The number of rotatable bonds is 8. The molecular formula is C25H29N3O3. The Morgan fingerprint density at radius 2 is 1.68 bits per heavy atom. The average molecular weight is 420 g/mol. The second kappa shape index (κ2) is 10.2. The lowest BCUT2D eigenvalue weighted by Crippen LogP contribution is -2.51. The Balaban J connectivity index is 1.34. The first-order valence-corrected chi connectivity index (χ1v) is 10.7. The lowest BCUT2D eigenvalue weighted by molar-refractivity contribution is -0.133. The molecule has 0 aliphatic carbocycles. The maximum Gasteiger partial charge on any atom is 0.236 e. The summed E-state index contributed by atoms with van der Waals surface area (Å²) in [6, 6.07) is 22.2. The fourth-order valence-corrected chi connectivity index (χ4v) is 3.93. The molecule has 6 nitrogen and oxygen atoms in total. The molecule has 1 amide bonds. The Morgan fingerprint density at radius 1 is 0.935 bits per heavy atom. The summed E-state index contributed by atoms with van der Waals surface area (Å²) in [6.07, 6.45) is 1.68. The van der Waals surface area contributed by atoms with E-state index in [1.807, 2.05) is 47.4 Å². The summed E-state index contributed by atoms with van der Waals surface area (Å²) in [4.78, 5) is 19.5. The predicted octanol–water partition coefficient (Wildman–Crippen LogP) is 3.64. The third-order valence-corrected chi connectivity index (χ3v) is 5.64. The monoisotopic (exact) mass is 419 g/mol. The average Bonchev–Trinajstić information content (AvgIpc) is 3.33. The number of benzene rings is 2. The fourth-order valence-electron chi connectivity index (χ4n) is 3.93. The van der Waals surface area contributed by atoms with Gasteiger partial charge in [-0.1, -0.05) is 30.3 Å². The number of anilines is 1. The van der Waals surface area contributed by atoms with Crippen molar-refractivity contribution in [1.29, 1.82) is 0 Å². The Bertz CT molecular complexity index is 934. The van der Waals surface area contributed by atoms with Crippen LogP contribution in [-0.4, -0.2) is 55.5 Å². The van der Waals surface area contributed by atoms with E-state index in [-0.39, 0.29) is 5.91 Å². The van der Waals surface area contributed by atoms with Gasteiger partial charge >= 0.3 is 0 Å². The van der Waals surface area contributed by atoms with Crippen LogP contribution >= 0.6 is 0 Å². The zero-order chi connectivity index (χ0) is 21.5. The SMILES string of the molecule is COc1ccc(N2CCN(C(=O)CN(Cc3ccccc3)Cc3ccco3)CC2)cc1. The van der Waals surface area contributed by atoms with Gasteiger partial charge in [-0.2, -0.15) is 0 Å². The van der Waals surface area contributed by atoms with Gasteiger partial charge in [-0.3, -0.25) is 9.69 Å². The van der Waals surface area contributed by atoms with Crippen molar-refractivity contribution in [2.75, 3.05) is 44.7 Å². The highest BCUT2D eigenvalue weighted by Gasteiger charge is 2.23. The fraction of sp³-hybridized carbons (Fsp3) is 0.320. The van der Waals surface area contributed by atoms with E-state index in [0.717, 1.165) is 43.4 Å². The lowest BCUT2D eigenvalue weighted by Gasteiger charge is -2.37. The number of hydrogen-bond acceptors (Lipinski definition) is 5. The Hall–Kier alpha value is -3.25. The van der Waals surface area contributed by atoms with Crippen molar-refractivity contribution in [2.45, 2.75) is 13.1 Å². The molecule has 1 aliphatic rings. The molecule has 0 bridgehead atoms. The van der Waals surface area contributed by atoms with E-state index in [1.165, 1.54) is 5.56 Å². The maximum absolute atomic E-state index is 13.1. The van der Waals surface area contributed by atoms with Gasteiger partial charge in [0.05, 0.1) is 26.5 Å². The van der Waals surface area contributed by atoms with Crippen molar-refractivity contribution >= 4 is 11.6 Å². The van der Waals surface area contributed by atoms with Gasteiger partial charge in [0.15, 0.2) is 0 Å². The predicted molar refractivity (Wildman–Crippen MR) is 121 cm³/mol. The van der Waals surface area contributed by atoms with E-state index in [4.69, 9.17) is 9.15 Å². The molecule has 1 aliphatic heterocycles. The van der Waals surface area contributed by atoms with Gasteiger partial charge < -0.3 is 19.0 Å². The molecule has 162 valence electrons. The first kappa shape index (κ1) is 21.0. The Kier molecular flexibility index (Phi) is 6.89. The molecule has 6 heteroatoms. The number of nitrogens with zero attached hydrogens (tertiary/aromatic N) is 3. The third kappa shape index (κ3) is 5.67. The van der Waals surface area contributed by atoms with E-state index in [9.17, 15) is 4.79 Å². The summed E-state index contributed by atoms with van der Waals surface area (Å²) >= 11 is 0. The number of carbonyl (C=O) groups excluding carboxylic acids is 1. The van der Waals surface area contributed by atoms with Crippen molar-refractivity contribution in [3.05, 3.63) is 84.3 Å². The summed E-state index contributed by atoms with van der Waals surface area (Å²) in [5.74, 6) is 1.89. The van der Waals surface area contributed by atoms with Gasteiger partial charge in [0.25, 0.3) is 0 Å².